The lowest BCUT2D eigenvalue weighted by Crippen LogP contribution is -2.62. The van der Waals surface area contributed by atoms with Crippen molar-refractivity contribution in [1.29, 1.82) is 0 Å². The summed E-state index contributed by atoms with van der Waals surface area (Å²) in [6, 6.07) is 5.11. The Labute approximate surface area is 112 Å². The molecule has 5 heteroatoms. The van der Waals surface area contributed by atoms with Crippen molar-refractivity contribution >= 4 is 5.97 Å². The fourth-order valence-electron chi connectivity index (χ4n) is 2.65. The molecule has 0 aromatic heterocycles. The molecule has 104 valence electrons. The van der Waals surface area contributed by atoms with Crippen LogP contribution in [0, 0.1) is 6.92 Å². The number of carboxylic acid groups (broad SMARTS) is 1. The van der Waals surface area contributed by atoms with E-state index in [4.69, 9.17) is 9.47 Å². The Morgan fingerprint density at radius 2 is 2.21 bits per heavy atom. The second-order valence-electron chi connectivity index (χ2n) is 4.91. The molecule has 0 aliphatic carbocycles. The van der Waals surface area contributed by atoms with Crippen LogP contribution in [0.15, 0.2) is 18.2 Å². The highest BCUT2D eigenvalue weighted by atomic mass is 16.5. The maximum absolute atomic E-state index is 11.5. The predicted molar refractivity (Wildman–Crippen MR) is 70.7 cm³/mol. The van der Waals surface area contributed by atoms with Gasteiger partial charge in [0.1, 0.15) is 11.8 Å². The molecule has 1 fully saturated rings. The minimum Gasteiger partial charge on any atom is -0.496 e. The van der Waals surface area contributed by atoms with E-state index in [1.807, 2.05) is 25.1 Å². The molecule has 1 heterocycles. The number of ether oxygens (including phenoxy) is 2. The minimum absolute atomic E-state index is 0.380. The molecule has 0 bridgehead atoms. The Kier molecular flexibility index (Phi) is 3.78. The molecule has 1 aromatic carbocycles. The first kappa shape index (κ1) is 13.8. The van der Waals surface area contributed by atoms with Gasteiger partial charge in [-0.05, 0) is 20.0 Å². The van der Waals surface area contributed by atoms with Gasteiger partial charge < -0.3 is 19.9 Å². The van der Waals surface area contributed by atoms with Gasteiger partial charge in [-0.25, -0.2) is 0 Å². The van der Waals surface area contributed by atoms with E-state index >= 15 is 0 Å². The summed E-state index contributed by atoms with van der Waals surface area (Å²) in [6.07, 6.45) is 0. The van der Waals surface area contributed by atoms with Crippen LogP contribution >= 0.6 is 0 Å². The van der Waals surface area contributed by atoms with Gasteiger partial charge >= 0.3 is 5.97 Å². The number of carboxylic acids is 1. The van der Waals surface area contributed by atoms with Gasteiger partial charge in [-0.3, -0.25) is 4.79 Å². The summed E-state index contributed by atoms with van der Waals surface area (Å²) in [5.74, 6) is -0.176. The van der Waals surface area contributed by atoms with Gasteiger partial charge in [0.2, 0.25) is 0 Å². The van der Waals surface area contributed by atoms with Crippen LogP contribution in [-0.4, -0.2) is 44.5 Å². The third kappa shape index (κ3) is 2.19. The maximum atomic E-state index is 11.5. The van der Waals surface area contributed by atoms with Gasteiger partial charge in [0.25, 0.3) is 0 Å². The highest BCUT2D eigenvalue weighted by Gasteiger charge is 2.51. The van der Waals surface area contributed by atoms with E-state index in [-0.39, 0.29) is 0 Å². The van der Waals surface area contributed by atoms with Crippen molar-refractivity contribution in [3.8, 4) is 5.75 Å². The Hall–Kier alpha value is -1.59. The normalized spacial score (nSPS) is 18.5. The van der Waals surface area contributed by atoms with Crippen LogP contribution in [0.3, 0.4) is 0 Å². The standard InChI is InChI=1S/C14H19NO4/c1-9-4-5-11(18-3)10(6-9)14(7-19-8-14)12(15-2)13(16)17/h4-6,12,15H,7-8H2,1-3H3,(H,16,17). The van der Waals surface area contributed by atoms with E-state index in [0.717, 1.165) is 11.1 Å². The summed E-state index contributed by atoms with van der Waals surface area (Å²) in [7, 11) is 3.25. The zero-order valence-corrected chi connectivity index (χ0v) is 11.4. The van der Waals surface area contributed by atoms with Crippen molar-refractivity contribution in [3.05, 3.63) is 29.3 Å². The number of rotatable bonds is 5. The summed E-state index contributed by atoms with van der Waals surface area (Å²) in [4.78, 5) is 11.5. The van der Waals surface area contributed by atoms with Crippen LogP contribution in [0.2, 0.25) is 0 Å². The third-order valence-corrected chi connectivity index (χ3v) is 3.70. The molecule has 0 spiro atoms. The van der Waals surface area contributed by atoms with Crippen LogP contribution in [0.1, 0.15) is 11.1 Å². The van der Waals surface area contributed by atoms with Crippen LogP contribution in [-0.2, 0) is 14.9 Å². The average Bonchev–Trinajstić information content (AvgIpc) is 2.33. The Morgan fingerprint density at radius 1 is 1.53 bits per heavy atom. The summed E-state index contributed by atoms with van der Waals surface area (Å²) in [5.41, 5.74) is 1.39. The zero-order chi connectivity index (χ0) is 14.0. The van der Waals surface area contributed by atoms with Crippen LogP contribution in [0.25, 0.3) is 0 Å². The molecule has 1 unspecified atom stereocenters. The van der Waals surface area contributed by atoms with E-state index in [2.05, 4.69) is 5.32 Å². The maximum Gasteiger partial charge on any atom is 0.321 e. The summed E-state index contributed by atoms with van der Waals surface area (Å²) < 4.78 is 10.7. The highest BCUT2D eigenvalue weighted by Crippen LogP contribution is 2.41. The molecule has 0 amide bonds. The number of benzene rings is 1. The zero-order valence-electron chi connectivity index (χ0n) is 11.4. The summed E-state index contributed by atoms with van der Waals surface area (Å²) in [6.45, 7) is 2.74. The monoisotopic (exact) mass is 265 g/mol. The van der Waals surface area contributed by atoms with Gasteiger partial charge in [0.05, 0.1) is 25.7 Å². The number of carbonyl (C=O) groups is 1. The largest absolute Gasteiger partial charge is 0.496 e. The molecular formula is C14H19NO4. The van der Waals surface area contributed by atoms with Crippen LogP contribution in [0.4, 0.5) is 0 Å². The minimum atomic E-state index is -0.880. The lowest BCUT2D eigenvalue weighted by molar-refractivity contribution is -0.150. The van der Waals surface area contributed by atoms with Gasteiger partial charge in [0, 0.05) is 5.56 Å². The number of likely N-dealkylation sites (N-methyl/N-ethyl adjacent to an activating group) is 1. The second-order valence-corrected chi connectivity index (χ2v) is 4.91. The molecule has 2 N–H and O–H groups in total. The van der Waals surface area contributed by atoms with E-state index < -0.39 is 17.4 Å². The van der Waals surface area contributed by atoms with E-state index in [9.17, 15) is 9.90 Å². The van der Waals surface area contributed by atoms with E-state index in [0.29, 0.717) is 19.0 Å². The van der Waals surface area contributed by atoms with Gasteiger partial charge in [0.15, 0.2) is 0 Å². The molecule has 0 saturated carbocycles. The molecule has 5 nitrogen and oxygen atoms in total. The summed E-state index contributed by atoms with van der Waals surface area (Å²) >= 11 is 0. The molecule has 2 rings (SSSR count). The van der Waals surface area contributed by atoms with Crippen molar-refractivity contribution < 1.29 is 19.4 Å². The van der Waals surface area contributed by atoms with Crippen LogP contribution < -0.4 is 10.1 Å². The number of hydrogen-bond donors (Lipinski definition) is 2. The van der Waals surface area contributed by atoms with Crippen molar-refractivity contribution in [1.82, 2.24) is 5.32 Å². The first-order valence-corrected chi connectivity index (χ1v) is 6.18. The highest BCUT2D eigenvalue weighted by molar-refractivity contribution is 5.77. The first-order chi connectivity index (χ1) is 9.05. The molecule has 1 aliphatic rings. The lowest BCUT2D eigenvalue weighted by Gasteiger charge is -2.46. The SMILES string of the molecule is CNC(C(=O)O)C1(c2cc(C)ccc2OC)COC1. The molecule has 1 aliphatic heterocycles. The molecule has 1 aromatic rings. The van der Waals surface area contributed by atoms with E-state index in [1.54, 1.807) is 14.2 Å². The number of aryl methyl sites for hydroxylation is 1. The van der Waals surface area contributed by atoms with Crippen molar-refractivity contribution in [2.45, 2.75) is 18.4 Å². The molecule has 1 atom stereocenters. The van der Waals surface area contributed by atoms with Gasteiger partial charge in [-0.1, -0.05) is 17.7 Å². The first-order valence-electron chi connectivity index (χ1n) is 6.18. The topological polar surface area (TPSA) is 67.8 Å². The number of methoxy groups -OCH3 is 1. The quantitative estimate of drug-likeness (QED) is 0.829. The summed E-state index contributed by atoms with van der Waals surface area (Å²) in [5, 5.41) is 12.3. The number of nitrogens with one attached hydrogen (secondary N) is 1. The Balaban J connectivity index is 2.52. The number of aliphatic carboxylic acids is 1. The molecule has 19 heavy (non-hydrogen) atoms. The van der Waals surface area contributed by atoms with Crippen molar-refractivity contribution in [3.63, 3.8) is 0 Å². The van der Waals surface area contributed by atoms with E-state index in [1.165, 1.54) is 0 Å². The molecule has 1 saturated heterocycles. The fourth-order valence-corrected chi connectivity index (χ4v) is 2.65. The molecule has 0 radical (unpaired) electrons. The third-order valence-electron chi connectivity index (χ3n) is 3.70. The second kappa shape index (κ2) is 5.19. The van der Waals surface area contributed by atoms with Crippen molar-refractivity contribution in [2.75, 3.05) is 27.4 Å². The average molecular weight is 265 g/mol. The fraction of sp³-hybridized carbons (Fsp3) is 0.500. The van der Waals surface area contributed by atoms with Gasteiger partial charge in [-0.2, -0.15) is 0 Å². The Bertz CT molecular complexity index is 482. The predicted octanol–water partition coefficient (Wildman–Crippen LogP) is 0.944. The molecular weight excluding hydrogens is 246 g/mol. The van der Waals surface area contributed by atoms with Crippen LogP contribution in [0.5, 0.6) is 5.75 Å². The Morgan fingerprint density at radius 3 is 2.63 bits per heavy atom. The van der Waals surface area contributed by atoms with Gasteiger partial charge in [-0.15, -0.1) is 0 Å². The number of hydrogen-bond acceptors (Lipinski definition) is 4. The smallest absolute Gasteiger partial charge is 0.321 e. The van der Waals surface area contributed by atoms with Crippen molar-refractivity contribution in [2.24, 2.45) is 0 Å². The lowest BCUT2D eigenvalue weighted by atomic mass is 9.71.